The molecule has 0 aliphatic rings. The summed E-state index contributed by atoms with van der Waals surface area (Å²) < 4.78 is 12.2. The van der Waals surface area contributed by atoms with Gasteiger partial charge in [-0.3, -0.25) is 0 Å². The number of carbonyl (C=O) groups excluding carboxylic acids is 1. The standard InChI is InChI=1S/C35H47BrN2O3/c1-3-5-7-9-11-12-13-15-17-28-26-37-34(38-27-28)29-18-21-31(22-19-29)41-35(39)30-20-23-33(32(36)25-30)40-24-16-14-10-8-6-4-2/h18-23,25-27H,3-17,24H2,1-2H3. The van der Waals surface area contributed by atoms with Crippen molar-refractivity contribution in [2.45, 2.75) is 110 Å². The maximum Gasteiger partial charge on any atom is 0.343 e. The van der Waals surface area contributed by atoms with E-state index in [1.807, 2.05) is 30.6 Å². The van der Waals surface area contributed by atoms with Crippen molar-refractivity contribution in [3.8, 4) is 22.9 Å². The van der Waals surface area contributed by atoms with Crippen LogP contribution in [-0.2, 0) is 6.42 Å². The van der Waals surface area contributed by atoms with Crippen LogP contribution >= 0.6 is 15.9 Å². The zero-order valence-corrected chi connectivity index (χ0v) is 26.6. The van der Waals surface area contributed by atoms with Crippen molar-refractivity contribution >= 4 is 21.9 Å². The van der Waals surface area contributed by atoms with Gasteiger partial charge in [0.2, 0.25) is 0 Å². The Morgan fingerprint density at radius 3 is 1.93 bits per heavy atom. The van der Waals surface area contributed by atoms with Gasteiger partial charge in [0.05, 0.1) is 16.6 Å². The number of unbranched alkanes of at least 4 members (excludes halogenated alkanes) is 12. The van der Waals surface area contributed by atoms with Crippen molar-refractivity contribution in [1.29, 1.82) is 0 Å². The number of nitrogens with zero attached hydrogens (tertiary/aromatic N) is 2. The molecule has 0 radical (unpaired) electrons. The molecule has 0 N–H and O–H groups in total. The summed E-state index contributed by atoms with van der Waals surface area (Å²) in [6.45, 7) is 5.16. The van der Waals surface area contributed by atoms with Gasteiger partial charge in [-0.2, -0.15) is 0 Å². The van der Waals surface area contributed by atoms with Gasteiger partial charge >= 0.3 is 5.97 Å². The number of halogens is 1. The fraction of sp³-hybridized carbons (Fsp3) is 0.514. The highest BCUT2D eigenvalue weighted by Gasteiger charge is 2.12. The molecule has 2 aromatic carbocycles. The van der Waals surface area contributed by atoms with Gasteiger partial charge in [0, 0.05) is 18.0 Å². The Morgan fingerprint density at radius 2 is 1.32 bits per heavy atom. The molecule has 0 fully saturated rings. The van der Waals surface area contributed by atoms with Crippen LogP contribution in [0.15, 0.2) is 59.3 Å². The fourth-order valence-corrected chi connectivity index (χ4v) is 5.24. The molecular formula is C35H47BrN2O3. The third-order valence-corrected chi connectivity index (χ3v) is 7.89. The number of esters is 1. The molecule has 6 heteroatoms. The van der Waals surface area contributed by atoms with Crippen LogP contribution in [0.25, 0.3) is 11.4 Å². The van der Waals surface area contributed by atoms with Crippen molar-refractivity contribution in [1.82, 2.24) is 9.97 Å². The minimum Gasteiger partial charge on any atom is -0.492 e. The van der Waals surface area contributed by atoms with Crippen molar-refractivity contribution in [2.24, 2.45) is 0 Å². The molecule has 0 spiro atoms. The monoisotopic (exact) mass is 622 g/mol. The van der Waals surface area contributed by atoms with E-state index in [-0.39, 0.29) is 0 Å². The topological polar surface area (TPSA) is 61.3 Å². The smallest absolute Gasteiger partial charge is 0.343 e. The van der Waals surface area contributed by atoms with E-state index in [9.17, 15) is 4.79 Å². The second-order valence-electron chi connectivity index (χ2n) is 10.8. The normalized spacial score (nSPS) is 11.0. The van der Waals surface area contributed by atoms with E-state index < -0.39 is 5.97 Å². The quantitative estimate of drug-likeness (QED) is 0.0712. The molecule has 1 heterocycles. The van der Waals surface area contributed by atoms with Crippen molar-refractivity contribution in [3.63, 3.8) is 0 Å². The largest absolute Gasteiger partial charge is 0.492 e. The van der Waals surface area contributed by atoms with Gasteiger partial charge < -0.3 is 9.47 Å². The lowest BCUT2D eigenvalue weighted by atomic mass is 10.1. The van der Waals surface area contributed by atoms with Gasteiger partial charge in [-0.25, -0.2) is 14.8 Å². The van der Waals surface area contributed by atoms with Gasteiger partial charge in [-0.15, -0.1) is 0 Å². The maximum absolute atomic E-state index is 12.7. The zero-order chi connectivity index (χ0) is 29.1. The first kappa shape index (κ1) is 32.8. The third kappa shape index (κ3) is 12.4. The van der Waals surface area contributed by atoms with Gasteiger partial charge in [-0.05, 0) is 83.2 Å². The molecule has 5 nitrogen and oxygen atoms in total. The molecule has 0 aliphatic carbocycles. The van der Waals surface area contributed by atoms with Gasteiger partial charge in [0.1, 0.15) is 11.5 Å². The van der Waals surface area contributed by atoms with Crippen LogP contribution in [0.5, 0.6) is 11.5 Å². The van der Waals surface area contributed by atoms with E-state index in [4.69, 9.17) is 9.47 Å². The van der Waals surface area contributed by atoms with Crippen LogP contribution in [0.2, 0.25) is 0 Å². The summed E-state index contributed by atoms with van der Waals surface area (Å²) in [7, 11) is 0. The number of aromatic nitrogens is 2. The number of carbonyl (C=O) groups is 1. The van der Waals surface area contributed by atoms with Gasteiger partial charge in [0.15, 0.2) is 5.82 Å². The Labute approximate surface area is 255 Å². The molecule has 3 rings (SSSR count). The number of hydrogen-bond donors (Lipinski definition) is 0. The number of aryl methyl sites for hydroxylation is 1. The summed E-state index contributed by atoms with van der Waals surface area (Å²) in [5, 5.41) is 0. The summed E-state index contributed by atoms with van der Waals surface area (Å²) in [6, 6.07) is 12.6. The van der Waals surface area contributed by atoms with Gasteiger partial charge in [-0.1, -0.05) is 90.9 Å². The Balaban J connectivity index is 1.41. The summed E-state index contributed by atoms with van der Waals surface area (Å²) in [6.07, 6.45) is 22.7. The minimum atomic E-state index is -0.414. The lowest BCUT2D eigenvalue weighted by molar-refractivity contribution is 0.0734. The van der Waals surface area contributed by atoms with Crippen LogP contribution in [0.3, 0.4) is 0 Å². The molecule has 0 unspecified atom stereocenters. The number of rotatable bonds is 20. The maximum atomic E-state index is 12.7. The van der Waals surface area contributed by atoms with Crippen LogP contribution in [-0.4, -0.2) is 22.5 Å². The third-order valence-electron chi connectivity index (χ3n) is 7.27. The summed E-state index contributed by atoms with van der Waals surface area (Å²) in [5.74, 6) is 1.47. The van der Waals surface area contributed by atoms with E-state index in [0.29, 0.717) is 23.7 Å². The number of ether oxygens (including phenoxy) is 2. The molecular weight excluding hydrogens is 576 g/mol. The van der Waals surface area contributed by atoms with Crippen LogP contribution in [0.1, 0.15) is 120 Å². The Morgan fingerprint density at radius 1 is 0.732 bits per heavy atom. The fourth-order valence-electron chi connectivity index (χ4n) is 4.74. The molecule has 0 amide bonds. The van der Waals surface area contributed by atoms with Crippen LogP contribution < -0.4 is 9.47 Å². The first-order chi connectivity index (χ1) is 20.1. The molecule has 0 bridgehead atoms. The summed E-state index contributed by atoms with van der Waals surface area (Å²) in [4.78, 5) is 21.9. The molecule has 0 atom stereocenters. The highest BCUT2D eigenvalue weighted by Crippen LogP contribution is 2.27. The van der Waals surface area contributed by atoms with Crippen LogP contribution in [0, 0.1) is 0 Å². The second kappa shape index (κ2) is 19.4. The van der Waals surface area contributed by atoms with E-state index in [1.165, 1.54) is 89.0 Å². The summed E-state index contributed by atoms with van der Waals surface area (Å²) >= 11 is 3.53. The van der Waals surface area contributed by atoms with Crippen molar-refractivity contribution < 1.29 is 14.3 Å². The van der Waals surface area contributed by atoms with E-state index in [1.54, 1.807) is 24.3 Å². The number of benzene rings is 2. The number of hydrogen-bond acceptors (Lipinski definition) is 5. The molecule has 1 aromatic heterocycles. The highest BCUT2D eigenvalue weighted by atomic mass is 79.9. The predicted molar refractivity (Wildman–Crippen MR) is 172 cm³/mol. The average molecular weight is 624 g/mol. The van der Waals surface area contributed by atoms with E-state index >= 15 is 0 Å². The molecule has 0 saturated carbocycles. The lowest BCUT2D eigenvalue weighted by Gasteiger charge is -2.10. The highest BCUT2D eigenvalue weighted by molar-refractivity contribution is 9.10. The van der Waals surface area contributed by atoms with Crippen LogP contribution in [0.4, 0.5) is 0 Å². The van der Waals surface area contributed by atoms with Gasteiger partial charge in [0.25, 0.3) is 0 Å². The molecule has 41 heavy (non-hydrogen) atoms. The lowest BCUT2D eigenvalue weighted by Crippen LogP contribution is -2.09. The van der Waals surface area contributed by atoms with Crippen molar-refractivity contribution in [2.75, 3.05) is 6.61 Å². The Hall–Kier alpha value is -2.73. The minimum absolute atomic E-state index is 0.414. The molecule has 3 aromatic rings. The molecule has 0 saturated heterocycles. The first-order valence-electron chi connectivity index (χ1n) is 15.7. The van der Waals surface area contributed by atoms with E-state index in [2.05, 4.69) is 39.7 Å². The average Bonchev–Trinajstić information content (AvgIpc) is 2.99. The predicted octanol–water partition coefficient (Wildman–Crippen LogP) is 10.5. The van der Waals surface area contributed by atoms with E-state index in [0.717, 1.165) is 28.6 Å². The second-order valence-corrected chi connectivity index (χ2v) is 11.7. The molecule has 0 aliphatic heterocycles. The molecule has 222 valence electrons. The zero-order valence-electron chi connectivity index (χ0n) is 25.0. The Bertz CT molecular complexity index is 1150. The Kier molecular flexibility index (Phi) is 15.5. The first-order valence-corrected chi connectivity index (χ1v) is 16.5. The van der Waals surface area contributed by atoms with Crippen molar-refractivity contribution in [3.05, 3.63) is 70.5 Å². The summed E-state index contributed by atoms with van der Waals surface area (Å²) in [5.41, 5.74) is 2.52. The SMILES string of the molecule is CCCCCCCCCCc1cnc(-c2ccc(OC(=O)c3ccc(OCCCCCCCC)c(Br)c3)cc2)nc1.